The largest absolute Gasteiger partial charge is 0.381 e. The van der Waals surface area contributed by atoms with Gasteiger partial charge in [-0.2, -0.15) is 5.10 Å². The van der Waals surface area contributed by atoms with Crippen molar-refractivity contribution in [2.75, 3.05) is 13.2 Å². The molecule has 1 aliphatic heterocycles. The number of nitrogens with one attached hydrogen (secondary N) is 1. The van der Waals surface area contributed by atoms with Gasteiger partial charge in [-0.15, -0.1) is 6.42 Å². The van der Waals surface area contributed by atoms with Gasteiger partial charge in [0, 0.05) is 26.0 Å². The van der Waals surface area contributed by atoms with E-state index in [0.29, 0.717) is 6.04 Å². The lowest BCUT2D eigenvalue weighted by Gasteiger charge is -2.27. The van der Waals surface area contributed by atoms with Crippen LogP contribution in [0.15, 0.2) is 12.3 Å². The number of hydrogen-bond donors (Lipinski definition) is 1. The molecule has 2 heterocycles. The molecule has 1 N–H and O–H groups in total. The minimum atomic E-state index is -0.0925. The molecule has 2 fully saturated rings. The number of nitrogens with zero attached hydrogens (tertiary/aromatic N) is 2. The van der Waals surface area contributed by atoms with Crippen LogP contribution in [0.2, 0.25) is 0 Å². The van der Waals surface area contributed by atoms with Crippen LogP contribution in [0.3, 0.4) is 0 Å². The summed E-state index contributed by atoms with van der Waals surface area (Å²) in [6, 6.07) is 2.57. The SMILES string of the molecule is C#CC1(NCc2ccnn2C2CCOCC2)CCCC1. The third-order valence-corrected chi connectivity index (χ3v) is 4.63. The summed E-state index contributed by atoms with van der Waals surface area (Å²) in [5, 5.41) is 8.10. The molecule has 0 unspecified atom stereocenters. The Hall–Kier alpha value is -1.31. The van der Waals surface area contributed by atoms with Gasteiger partial charge in [0.15, 0.2) is 0 Å². The lowest BCUT2D eigenvalue weighted by molar-refractivity contribution is 0.0652. The van der Waals surface area contributed by atoms with E-state index >= 15 is 0 Å². The molecule has 20 heavy (non-hydrogen) atoms. The highest BCUT2D eigenvalue weighted by atomic mass is 16.5. The monoisotopic (exact) mass is 273 g/mol. The van der Waals surface area contributed by atoms with E-state index in [1.165, 1.54) is 18.5 Å². The van der Waals surface area contributed by atoms with Crippen LogP contribution in [0, 0.1) is 12.3 Å². The van der Waals surface area contributed by atoms with Gasteiger partial charge in [-0.3, -0.25) is 10.00 Å². The van der Waals surface area contributed by atoms with Gasteiger partial charge < -0.3 is 4.74 Å². The molecule has 1 aliphatic carbocycles. The molecule has 4 heteroatoms. The van der Waals surface area contributed by atoms with E-state index in [9.17, 15) is 0 Å². The van der Waals surface area contributed by atoms with Gasteiger partial charge in [-0.1, -0.05) is 18.8 Å². The highest BCUT2D eigenvalue weighted by Gasteiger charge is 2.31. The molecular formula is C16H23N3O. The van der Waals surface area contributed by atoms with Crippen molar-refractivity contribution >= 4 is 0 Å². The summed E-state index contributed by atoms with van der Waals surface area (Å²) < 4.78 is 7.59. The van der Waals surface area contributed by atoms with Crippen molar-refractivity contribution in [3.8, 4) is 12.3 Å². The molecule has 108 valence electrons. The average Bonchev–Trinajstić information content (AvgIpc) is 3.16. The minimum Gasteiger partial charge on any atom is -0.381 e. The van der Waals surface area contributed by atoms with Gasteiger partial charge in [0.2, 0.25) is 0 Å². The molecule has 2 aliphatic rings. The number of ether oxygens (including phenoxy) is 1. The van der Waals surface area contributed by atoms with Crippen LogP contribution in [-0.4, -0.2) is 28.5 Å². The normalized spacial score (nSPS) is 22.8. The number of aromatic nitrogens is 2. The Kier molecular flexibility index (Phi) is 4.09. The average molecular weight is 273 g/mol. The first-order valence-electron chi connectivity index (χ1n) is 7.66. The lowest BCUT2D eigenvalue weighted by Crippen LogP contribution is -2.41. The summed E-state index contributed by atoms with van der Waals surface area (Å²) in [6.07, 6.45) is 14.4. The summed E-state index contributed by atoms with van der Waals surface area (Å²) in [6.45, 7) is 2.49. The lowest BCUT2D eigenvalue weighted by atomic mass is 9.99. The van der Waals surface area contributed by atoms with Crippen molar-refractivity contribution < 1.29 is 4.74 Å². The van der Waals surface area contributed by atoms with E-state index in [4.69, 9.17) is 11.2 Å². The molecule has 1 aromatic heterocycles. The zero-order chi connectivity index (χ0) is 13.8. The molecule has 3 rings (SSSR count). The van der Waals surface area contributed by atoms with Crippen molar-refractivity contribution in [1.29, 1.82) is 0 Å². The fraction of sp³-hybridized carbons (Fsp3) is 0.688. The predicted molar refractivity (Wildman–Crippen MR) is 78.2 cm³/mol. The molecule has 0 radical (unpaired) electrons. The van der Waals surface area contributed by atoms with Crippen LogP contribution < -0.4 is 5.32 Å². The maximum absolute atomic E-state index is 5.74. The minimum absolute atomic E-state index is 0.0925. The van der Waals surface area contributed by atoms with E-state index in [-0.39, 0.29) is 5.54 Å². The molecule has 0 aromatic carbocycles. The smallest absolute Gasteiger partial charge is 0.0801 e. The quantitative estimate of drug-likeness (QED) is 0.855. The van der Waals surface area contributed by atoms with Gasteiger partial charge in [0.25, 0.3) is 0 Å². The summed E-state index contributed by atoms with van der Waals surface area (Å²) in [5.74, 6) is 2.98. The van der Waals surface area contributed by atoms with Crippen LogP contribution in [0.4, 0.5) is 0 Å². The van der Waals surface area contributed by atoms with E-state index in [1.807, 2.05) is 6.20 Å². The molecule has 0 bridgehead atoms. The van der Waals surface area contributed by atoms with E-state index in [1.54, 1.807) is 0 Å². The van der Waals surface area contributed by atoms with Gasteiger partial charge in [0.1, 0.15) is 0 Å². The van der Waals surface area contributed by atoms with Crippen molar-refractivity contribution in [3.63, 3.8) is 0 Å². The molecule has 1 aromatic rings. The first-order chi connectivity index (χ1) is 9.83. The number of terminal acetylenes is 1. The first-order valence-corrected chi connectivity index (χ1v) is 7.66. The summed E-state index contributed by atoms with van der Waals surface area (Å²) >= 11 is 0. The van der Waals surface area contributed by atoms with Crippen LogP contribution in [0.1, 0.15) is 50.3 Å². The van der Waals surface area contributed by atoms with Crippen molar-refractivity contribution in [2.45, 2.75) is 56.7 Å². The third kappa shape index (κ3) is 2.74. The van der Waals surface area contributed by atoms with E-state index < -0.39 is 0 Å². The maximum atomic E-state index is 5.74. The maximum Gasteiger partial charge on any atom is 0.0801 e. The van der Waals surface area contributed by atoms with E-state index in [2.05, 4.69) is 27.1 Å². The summed E-state index contributed by atoms with van der Waals surface area (Å²) in [7, 11) is 0. The Morgan fingerprint density at radius 1 is 1.40 bits per heavy atom. The molecule has 1 saturated carbocycles. The molecule has 0 amide bonds. The van der Waals surface area contributed by atoms with Crippen LogP contribution in [-0.2, 0) is 11.3 Å². The topological polar surface area (TPSA) is 39.1 Å². The van der Waals surface area contributed by atoms with Crippen LogP contribution >= 0.6 is 0 Å². The standard InChI is InChI=1S/C16H23N3O/c1-2-16(8-3-4-9-16)17-13-15-5-10-18-19(15)14-6-11-20-12-7-14/h1,5,10,14,17H,3-4,6-9,11-13H2. The fourth-order valence-corrected chi connectivity index (χ4v) is 3.35. The fourth-order valence-electron chi connectivity index (χ4n) is 3.35. The second-order valence-corrected chi connectivity index (χ2v) is 5.90. The molecule has 1 saturated heterocycles. The number of rotatable bonds is 4. The highest BCUT2D eigenvalue weighted by Crippen LogP contribution is 2.29. The van der Waals surface area contributed by atoms with Gasteiger partial charge >= 0.3 is 0 Å². The second-order valence-electron chi connectivity index (χ2n) is 5.90. The molecule has 0 spiro atoms. The van der Waals surface area contributed by atoms with Gasteiger partial charge in [-0.05, 0) is 31.7 Å². The molecular weight excluding hydrogens is 250 g/mol. The second kappa shape index (κ2) is 5.99. The Morgan fingerprint density at radius 3 is 2.85 bits per heavy atom. The zero-order valence-electron chi connectivity index (χ0n) is 12.0. The first kappa shape index (κ1) is 13.7. The third-order valence-electron chi connectivity index (χ3n) is 4.63. The summed E-state index contributed by atoms with van der Waals surface area (Å²) in [5.41, 5.74) is 1.14. The predicted octanol–water partition coefficient (Wildman–Crippen LogP) is 2.27. The number of hydrogen-bond acceptors (Lipinski definition) is 3. The van der Waals surface area contributed by atoms with Crippen LogP contribution in [0.5, 0.6) is 0 Å². The van der Waals surface area contributed by atoms with Gasteiger partial charge in [-0.25, -0.2) is 0 Å². The van der Waals surface area contributed by atoms with Crippen LogP contribution in [0.25, 0.3) is 0 Å². The molecule has 4 nitrogen and oxygen atoms in total. The zero-order valence-corrected chi connectivity index (χ0v) is 12.0. The van der Waals surface area contributed by atoms with Crippen molar-refractivity contribution in [2.24, 2.45) is 0 Å². The Bertz CT molecular complexity index is 476. The highest BCUT2D eigenvalue weighted by molar-refractivity contribution is 5.16. The summed E-state index contributed by atoms with van der Waals surface area (Å²) in [4.78, 5) is 0. The van der Waals surface area contributed by atoms with E-state index in [0.717, 1.165) is 45.4 Å². The molecule has 0 atom stereocenters. The Morgan fingerprint density at radius 2 is 2.15 bits per heavy atom. The van der Waals surface area contributed by atoms with Crippen molar-refractivity contribution in [3.05, 3.63) is 18.0 Å². The van der Waals surface area contributed by atoms with Crippen molar-refractivity contribution in [1.82, 2.24) is 15.1 Å². The Balaban J connectivity index is 1.66. The Labute approximate surface area is 120 Å². The van der Waals surface area contributed by atoms with Gasteiger partial charge in [0.05, 0.1) is 17.3 Å².